The number of fused-ring (bicyclic) bond motifs is 3. The number of benzene rings is 3. The first kappa shape index (κ1) is 48.5. The molecule has 2 saturated carbocycles. The smallest absolute Gasteiger partial charge is 0.293 e. The van der Waals surface area contributed by atoms with Crippen LogP contribution in [0.15, 0.2) is 83.9 Å². The minimum atomic E-state index is -4.61. The van der Waals surface area contributed by atoms with Gasteiger partial charge >= 0.3 is 0 Å². The zero-order chi connectivity index (χ0) is 49.9. The van der Waals surface area contributed by atoms with Crippen molar-refractivity contribution in [1.82, 2.24) is 19.6 Å². The number of likely N-dealkylation sites (tertiary alicyclic amines) is 1. The topological polar surface area (TPSA) is 195 Å². The highest BCUT2D eigenvalue weighted by molar-refractivity contribution is 7.90. The molecule has 11 rings (SSSR count). The molecule has 0 radical (unpaired) electrons. The molecule has 4 aliphatic heterocycles. The number of hydrogen-bond donors (Lipinski definition) is 4. The van der Waals surface area contributed by atoms with E-state index in [2.05, 4.69) is 67.8 Å². The predicted molar refractivity (Wildman–Crippen MR) is 278 cm³/mol. The minimum Gasteiger partial charge on any atom is -0.470 e. The Morgan fingerprint density at radius 1 is 0.972 bits per heavy atom. The Balaban J connectivity index is 0.865. The molecular weight excluding hydrogens is 933 g/mol. The number of nitrogens with one attached hydrogen (secondary N) is 3. The first-order valence-corrected chi connectivity index (χ1v) is 27.7. The SMILES string of the molecule is CC(C)c1ccccc1[C@@H]1CCCN1C1CC2(CCN(c3ccc(C(=O)NS(=O)(=O)c4ccc(NCC5CCC(C)(O)CC5)c([N+](=O)[O-])c4)c(N4C[C@H]5CCOC[C@H]5Oc5nc6[nH]ccc6cc54)c3)CC2)C1. The molecule has 4 N–H and O–H groups in total. The van der Waals surface area contributed by atoms with Crippen LogP contribution in [0.5, 0.6) is 5.88 Å². The van der Waals surface area contributed by atoms with E-state index in [-0.39, 0.29) is 34.6 Å². The summed E-state index contributed by atoms with van der Waals surface area (Å²) in [6, 6.07) is 23.3. The Hall–Kier alpha value is -5.75. The number of aromatic nitrogens is 2. The number of carbonyl (C=O) groups excluding carboxylic acids is 1. The molecule has 17 heteroatoms. The summed E-state index contributed by atoms with van der Waals surface area (Å²) in [5.41, 5.74) is 5.18. The van der Waals surface area contributed by atoms with Crippen molar-refractivity contribution in [2.75, 3.05) is 61.1 Å². The Labute approximate surface area is 422 Å². The molecule has 2 aromatic heterocycles. The van der Waals surface area contributed by atoms with Crippen LogP contribution in [0.1, 0.15) is 125 Å². The van der Waals surface area contributed by atoms with E-state index in [4.69, 9.17) is 14.5 Å². The lowest BCUT2D eigenvalue weighted by atomic mass is 9.59. The summed E-state index contributed by atoms with van der Waals surface area (Å²) in [5, 5.41) is 26.8. The van der Waals surface area contributed by atoms with Crippen molar-refractivity contribution in [3.63, 3.8) is 0 Å². The van der Waals surface area contributed by atoms with Gasteiger partial charge in [0.2, 0.25) is 5.88 Å². The van der Waals surface area contributed by atoms with E-state index in [1.54, 1.807) is 6.07 Å². The van der Waals surface area contributed by atoms with Crippen molar-refractivity contribution < 1.29 is 32.7 Å². The Kier molecular flexibility index (Phi) is 13.0. The number of sulfonamides is 1. The second-order valence-electron chi connectivity index (χ2n) is 22.2. The maximum absolute atomic E-state index is 14.7. The number of nitro benzene ring substituents is 1. The van der Waals surface area contributed by atoms with Crippen LogP contribution in [0.3, 0.4) is 0 Å². The van der Waals surface area contributed by atoms with Crippen LogP contribution in [0.4, 0.5) is 28.4 Å². The molecule has 382 valence electrons. The number of pyridine rings is 1. The average Bonchev–Trinajstić information content (AvgIpc) is 4.01. The van der Waals surface area contributed by atoms with E-state index in [0.29, 0.717) is 86.5 Å². The number of hydrogen-bond acceptors (Lipinski definition) is 13. The molecule has 0 unspecified atom stereocenters. The monoisotopic (exact) mass is 1000 g/mol. The first-order chi connectivity index (χ1) is 34.6. The van der Waals surface area contributed by atoms with E-state index in [0.717, 1.165) is 62.5 Å². The normalized spacial score (nSPS) is 25.6. The van der Waals surface area contributed by atoms with Gasteiger partial charge in [-0.1, -0.05) is 38.1 Å². The largest absolute Gasteiger partial charge is 0.470 e. The number of anilines is 4. The molecule has 6 aliphatic rings. The maximum atomic E-state index is 14.7. The Bertz CT molecular complexity index is 2950. The predicted octanol–water partition coefficient (Wildman–Crippen LogP) is 9.59. The van der Waals surface area contributed by atoms with Gasteiger partial charge in [-0.15, -0.1) is 0 Å². The van der Waals surface area contributed by atoms with Crippen molar-refractivity contribution >= 4 is 55.4 Å². The molecular formula is C55H68N8O8S. The van der Waals surface area contributed by atoms with Crippen LogP contribution < -0.4 is 24.6 Å². The van der Waals surface area contributed by atoms with E-state index < -0.39 is 37.0 Å². The number of carbonyl (C=O) groups is 1. The first-order valence-electron chi connectivity index (χ1n) is 26.2. The van der Waals surface area contributed by atoms with Crippen molar-refractivity contribution in [2.24, 2.45) is 17.3 Å². The molecule has 6 heterocycles. The second kappa shape index (κ2) is 19.3. The molecule has 0 bridgehead atoms. The molecule has 72 heavy (non-hydrogen) atoms. The van der Waals surface area contributed by atoms with Gasteiger partial charge in [-0.2, -0.15) is 4.98 Å². The van der Waals surface area contributed by atoms with Crippen LogP contribution in [-0.4, -0.2) is 103 Å². The lowest BCUT2D eigenvalue weighted by molar-refractivity contribution is -0.384. The molecule has 3 atom stereocenters. The number of nitrogens with zero attached hydrogens (tertiary/aromatic N) is 5. The van der Waals surface area contributed by atoms with Crippen LogP contribution in [0, 0.1) is 27.4 Å². The van der Waals surface area contributed by atoms with E-state index in [9.17, 15) is 28.4 Å². The molecule has 3 saturated heterocycles. The number of rotatable bonds is 12. The lowest BCUT2D eigenvalue weighted by Crippen LogP contribution is -2.55. The van der Waals surface area contributed by atoms with Gasteiger partial charge in [0.15, 0.2) is 0 Å². The lowest BCUT2D eigenvalue weighted by Gasteiger charge is -2.56. The Morgan fingerprint density at radius 3 is 2.54 bits per heavy atom. The van der Waals surface area contributed by atoms with Gasteiger partial charge in [-0.05, 0) is 155 Å². The second-order valence-corrected chi connectivity index (χ2v) is 23.9. The van der Waals surface area contributed by atoms with E-state index in [1.165, 1.54) is 48.9 Å². The summed E-state index contributed by atoms with van der Waals surface area (Å²) in [6.45, 7) is 11.1. The van der Waals surface area contributed by atoms with Gasteiger partial charge in [0.1, 0.15) is 23.1 Å². The van der Waals surface area contributed by atoms with Crippen LogP contribution in [0.25, 0.3) is 11.0 Å². The number of ether oxygens (including phenoxy) is 2. The summed E-state index contributed by atoms with van der Waals surface area (Å²) in [7, 11) is -4.61. The summed E-state index contributed by atoms with van der Waals surface area (Å²) in [5.74, 6) is 0.213. The summed E-state index contributed by atoms with van der Waals surface area (Å²) >= 11 is 0. The number of amides is 1. The standard InChI is InChI=1S/C55H68N8O8S/c1-35(2)42-7-4-5-8-43(42)46-9-6-23-61(46)40-30-55(31-40)20-24-60(25-21-55)39-10-12-44(47(28-39)62-33-38-17-26-70-34-50(38)71-53-49(62)27-37-16-22-56-51(37)58-53)52(64)59-72(68,69)41-11-13-45(48(29-41)63(66)67)57-32-36-14-18-54(3,65)19-15-36/h4-5,7-8,10-13,16,22,27-29,35-36,38,40,46,50,57,65H,6,9,14-15,17-21,23-26,30-34H2,1-3H3,(H,56,58)(H,59,64)/t36?,38-,46+,50-,54?/m1/s1. The van der Waals surface area contributed by atoms with Crippen LogP contribution >= 0.6 is 0 Å². The molecule has 3 aromatic carbocycles. The highest BCUT2D eigenvalue weighted by atomic mass is 32.2. The fourth-order valence-corrected chi connectivity index (χ4v) is 13.8. The third-order valence-electron chi connectivity index (χ3n) is 17.1. The van der Waals surface area contributed by atoms with Gasteiger partial charge in [0.25, 0.3) is 21.6 Å². The van der Waals surface area contributed by atoms with Gasteiger partial charge in [0, 0.05) is 74.1 Å². The van der Waals surface area contributed by atoms with E-state index in [1.807, 2.05) is 37.4 Å². The maximum Gasteiger partial charge on any atom is 0.293 e. The van der Waals surface area contributed by atoms with Gasteiger partial charge < -0.3 is 34.7 Å². The highest BCUT2D eigenvalue weighted by Crippen LogP contribution is 2.55. The summed E-state index contributed by atoms with van der Waals surface area (Å²) < 4.78 is 43.2. The molecule has 1 spiro atoms. The number of aliphatic hydroxyl groups is 1. The fourth-order valence-electron chi connectivity index (χ4n) is 12.9. The number of H-pyrrole nitrogens is 1. The van der Waals surface area contributed by atoms with Crippen molar-refractivity contribution in [3.8, 4) is 5.88 Å². The van der Waals surface area contributed by atoms with Gasteiger partial charge in [0.05, 0.1) is 33.3 Å². The van der Waals surface area contributed by atoms with Crippen molar-refractivity contribution in [2.45, 2.75) is 126 Å². The molecule has 5 fully saturated rings. The van der Waals surface area contributed by atoms with Crippen molar-refractivity contribution in [3.05, 3.63) is 106 Å². The van der Waals surface area contributed by atoms with Gasteiger partial charge in [-0.3, -0.25) is 19.8 Å². The summed E-state index contributed by atoms with van der Waals surface area (Å²) in [4.78, 5) is 41.4. The molecule has 1 amide bonds. The number of aromatic amines is 1. The van der Waals surface area contributed by atoms with Crippen LogP contribution in [0.2, 0.25) is 0 Å². The number of piperidine rings is 1. The molecule has 16 nitrogen and oxygen atoms in total. The van der Waals surface area contributed by atoms with Crippen LogP contribution in [-0.2, 0) is 14.8 Å². The van der Waals surface area contributed by atoms with Crippen molar-refractivity contribution in [1.29, 1.82) is 0 Å². The number of nitro groups is 1. The van der Waals surface area contributed by atoms with Gasteiger partial charge in [-0.25, -0.2) is 13.1 Å². The Morgan fingerprint density at radius 2 is 1.76 bits per heavy atom. The summed E-state index contributed by atoms with van der Waals surface area (Å²) in [6.07, 6.45) is 12.0. The highest BCUT2D eigenvalue weighted by Gasteiger charge is 2.50. The average molecular weight is 1000 g/mol. The van der Waals surface area contributed by atoms with E-state index >= 15 is 0 Å². The zero-order valence-electron chi connectivity index (χ0n) is 41.6. The minimum absolute atomic E-state index is 0.00530. The molecule has 2 aliphatic carbocycles. The fraction of sp³-hybridized carbons (Fsp3) is 0.527. The quantitative estimate of drug-likeness (QED) is 0.0682. The zero-order valence-corrected chi connectivity index (χ0v) is 42.5. The molecule has 5 aromatic rings. The third kappa shape index (κ3) is 9.53. The third-order valence-corrected chi connectivity index (χ3v) is 18.5.